The van der Waals surface area contributed by atoms with Crippen molar-refractivity contribution in [3.05, 3.63) is 70.8 Å². The second-order valence-electron chi connectivity index (χ2n) is 8.37. The Kier molecular flexibility index (Phi) is 8.46. The quantitative estimate of drug-likeness (QED) is 0.358. The molecule has 0 aromatic heterocycles. The lowest BCUT2D eigenvalue weighted by Crippen LogP contribution is -2.12. The number of benzene rings is 2. The van der Waals surface area contributed by atoms with Gasteiger partial charge >= 0.3 is 0 Å². The van der Waals surface area contributed by atoms with Crippen molar-refractivity contribution in [2.75, 3.05) is 0 Å². The minimum Gasteiger partial charge on any atom is -0.107 e. The average Bonchev–Trinajstić information content (AvgIpc) is 2.78. The van der Waals surface area contributed by atoms with Crippen molar-refractivity contribution in [2.45, 2.75) is 77.6 Å². The largest absolute Gasteiger partial charge is 0.107 e. The molecule has 0 saturated heterocycles. The van der Waals surface area contributed by atoms with Gasteiger partial charge in [0.05, 0.1) is 0 Å². The lowest BCUT2D eigenvalue weighted by atomic mass is 9.77. The number of unbranched alkanes of at least 4 members (excludes halogenated alkanes) is 2. The van der Waals surface area contributed by atoms with Gasteiger partial charge in [-0.2, -0.15) is 0 Å². The zero-order chi connectivity index (χ0) is 20.3. The summed E-state index contributed by atoms with van der Waals surface area (Å²) in [6.45, 7) is 4.19. The molecule has 1 aliphatic carbocycles. The molecule has 0 amide bonds. The summed E-state index contributed by atoms with van der Waals surface area (Å²) in [5, 5.41) is 0. The average molecular weight is 383 g/mol. The van der Waals surface area contributed by atoms with E-state index in [-0.39, 0.29) is 0 Å². The van der Waals surface area contributed by atoms with Crippen molar-refractivity contribution >= 4 is 0 Å². The van der Waals surface area contributed by atoms with Crippen LogP contribution in [0.2, 0.25) is 0 Å². The van der Waals surface area contributed by atoms with Crippen molar-refractivity contribution in [1.82, 2.24) is 0 Å². The minimum atomic E-state index is 0.711. The highest BCUT2D eigenvalue weighted by atomic mass is 14.3. The minimum absolute atomic E-state index is 0.711. The van der Waals surface area contributed by atoms with E-state index in [1.165, 1.54) is 62.5 Å². The standard InChI is InChI=1S/C29H34/c1-3-5-7-9-25-10-12-26(13-11-25)14-15-27-18-22-29(23-19-27)28-20-16-24(17-21-28)8-6-4-2/h10-13,18-19,22-24,28H,3,5,7-9,16-17,20-21H2,1-2H3. The van der Waals surface area contributed by atoms with Gasteiger partial charge in [-0.3, -0.25) is 0 Å². The lowest BCUT2D eigenvalue weighted by molar-refractivity contribution is 0.331. The van der Waals surface area contributed by atoms with Crippen LogP contribution in [0.4, 0.5) is 0 Å². The second kappa shape index (κ2) is 11.5. The summed E-state index contributed by atoms with van der Waals surface area (Å²) in [5.41, 5.74) is 5.10. The van der Waals surface area contributed by atoms with Crippen molar-refractivity contribution in [1.29, 1.82) is 0 Å². The van der Waals surface area contributed by atoms with Gasteiger partial charge in [0.2, 0.25) is 0 Å². The highest BCUT2D eigenvalue weighted by molar-refractivity contribution is 5.44. The molecule has 1 fully saturated rings. The van der Waals surface area contributed by atoms with Gasteiger partial charge in [0.25, 0.3) is 0 Å². The van der Waals surface area contributed by atoms with E-state index >= 15 is 0 Å². The molecule has 150 valence electrons. The van der Waals surface area contributed by atoms with E-state index in [0.717, 1.165) is 23.5 Å². The van der Waals surface area contributed by atoms with Crippen molar-refractivity contribution in [3.63, 3.8) is 0 Å². The zero-order valence-corrected chi connectivity index (χ0v) is 18.1. The Balaban J connectivity index is 1.53. The molecule has 0 nitrogen and oxygen atoms in total. The molecule has 0 bridgehead atoms. The van der Waals surface area contributed by atoms with E-state index in [1.807, 2.05) is 6.92 Å². The van der Waals surface area contributed by atoms with Crippen LogP contribution in [0.15, 0.2) is 48.5 Å². The van der Waals surface area contributed by atoms with E-state index in [0.29, 0.717) is 5.92 Å². The third-order valence-electron chi connectivity index (χ3n) is 6.17. The third kappa shape index (κ3) is 6.84. The van der Waals surface area contributed by atoms with Gasteiger partial charge in [0.1, 0.15) is 0 Å². The predicted octanol–water partition coefficient (Wildman–Crippen LogP) is 7.51. The topological polar surface area (TPSA) is 0 Å². The molecule has 0 unspecified atom stereocenters. The monoisotopic (exact) mass is 382 g/mol. The summed E-state index contributed by atoms with van der Waals surface area (Å²) in [6, 6.07) is 17.7. The van der Waals surface area contributed by atoms with Gasteiger partial charge in [-0.1, -0.05) is 55.9 Å². The molecule has 0 heterocycles. The molecule has 0 radical (unpaired) electrons. The summed E-state index contributed by atoms with van der Waals surface area (Å²) in [7, 11) is 0. The summed E-state index contributed by atoms with van der Waals surface area (Å²) < 4.78 is 0. The first kappa shape index (κ1) is 21.3. The molecule has 1 aliphatic rings. The van der Waals surface area contributed by atoms with Crippen LogP contribution in [-0.4, -0.2) is 0 Å². The maximum absolute atomic E-state index is 3.33. The molecule has 1 saturated carbocycles. The van der Waals surface area contributed by atoms with Gasteiger partial charge in [-0.05, 0) is 92.7 Å². The summed E-state index contributed by atoms with van der Waals surface area (Å²) in [6.07, 6.45) is 11.4. The fourth-order valence-corrected chi connectivity index (χ4v) is 4.26. The van der Waals surface area contributed by atoms with Gasteiger partial charge in [-0.15, -0.1) is 11.8 Å². The number of hydrogen-bond acceptors (Lipinski definition) is 0. The first-order valence-corrected chi connectivity index (χ1v) is 11.4. The Morgan fingerprint density at radius 2 is 1.41 bits per heavy atom. The lowest BCUT2D eigenvalue weighted by Gasteiger charge is -2.27. The van der Waals surface area contributed by atoms with Crippen molar-refractivity contribution in [3.8, 4) is 23.7 Å². The maximum Gasteiger partial charge on any atom is 0.0249 e. The first-order chi connectivity index (χ1) is 14.3. The summed E-state index contributed by atoms with van der Waals surface area (Å²) in [5.74, 6) is 14.5. The molecule has 29 heavy (non-hydrogen) atoms. The van der Waals surface area contributed by atoms with Crippen LogP contribution in [0.3, 0.4) is 0 Å². The van der Waals surface area contributed by atoms with E-state index in [2.05, 4.69) is 79.1 Å². The maximum atomic E-state index is 3.33. The molecule has 0 N–H and O–H groups in total. The molecule has 3 rings (SSSR count). The second-order valence-corrected chi connectivity index (χ2v) is 8.37. The van der Waals surface area contributed by atoms with E-state index < -0.39 is 0 Å². The molecule has 2 aromatic rings. The molecule has 0 spiro atoms. The van der Waals surface area contributed by atoms with Crippen molar-refractivity contribution < 1.29 is 0 Å². The molecule has 2 aromatic carbocycles. The smallest absolute Gasteiger partial charge is 0.0249 e. The molecule has 0 aliphatic heterocycles. The van der Waals surface area contributed by atoms with Gasteiger partial charge < -0.3 is 0 Å². The highest BCUT2D eigenvalue weighted by Crippen LogP contribution is 2.36. The Morgan fingerprint density at radius 1 is 0.793 bits per heavy atom. The fraction of sp³-hybridized carbons (Fsp3) is 0.448. The van der Waals surface area contributed by atoms with Crippen LogP contribution in [0, 0.1) is 29.6 Å². The van der Waals surface area contributed by atoms with Crippen LogP contribution < -0.4 is 0 Å². The third-order valence-corrected chi connectivity index (χ3v) is 6.17. The number of aryl methyl sites for hydroxylation is 1. The van der Waals surface area contributed by atoms with Crippen molar-refractivity contribution in [2.24, 2.45) is 5.92 Å². The normalized spacial score (nSPS) is 18.3. The Bertz CT molecular complexity index is 854. The Morgan fingerprint density at radius 3 is 2.00 bits per heavy atom. The zero-order valence-electron chi connectivity index (χ0n) is 18.1. The highest BCUT2D eigenvalue weighted by Gasteiger charge is 2.21. The molecular weight excluding hydrogens is 348 g/mol. The van der Waals surface area contributed by atoms with Gasteiger partial charge in [0, 0.05) is 17.5 Å². The number of hydrogen-bond donors (Lipinski definition) is 0. The summed E-state index contributed by atoms with van der Waals surface area (Å²) in [4.78, 5) is 0. The van der Waals surface area contributed by atoms with Crippen LogP contribution in [0.5, 0.6) is 0 Å². The van der Waals surface area contributed by atoms with Crippen LogP contribution in [0.1, 0.15) is 93.4 Å². The molecule has 0 heteroatoms. The van der Waals surface area contributed by atoms with Crippen LogP contribution in [0.25, 0.3) is 0 Å². The van der Waals surface area contributed by atoms with Crippen LogP contribution >= 0.6 is 0 Å². The fourth-order valence-electron chi connectivity index (χ4n) is 4.26. The van der Waals surface area contributed by atoms with Gasteiger partial charge in [0.15, 0.2) is 0 Å². The molecular formula is C29H34. The number of rotatable bonds is 6. The van der Waals surface area contributed by atoms with Gasteiger partial charge in [-0.25, -0.2) is 0 Å². The Labute approximate surface area is 178 Å². The molecule has 0 atom stereocenters. The SMILES string of the molecule is CC#CCC1CCC(c2ccc(C#Cc3ccc(CCCCC)cc3)cc2)CC1. The van der Waals surface area contributed by atoms with E-state index in [9.17, 15) is 0 Å². The predicted molar refractivity (Wildman–Crippen MR) is 125 cm³/mol. The van der Waals surface area contributed by atoms with Crippen LogP contribution in [-0.2, 0) is 6.42 Å². The van der Waals surface area contributed by atoms with E-state index in [1.54, 1.807) is 0 Å². The first-order valence-electron chi connectivity index (χ1n) is 11.4. The van der Waals surface area contributed by atoms with E-state index in [4.69, 9.17) is 0 Å². The Hall–Kier alpha value is -2.44. The summed E-state index contributed by atoms with van der Waals surface area (Å²) >= 11 is 0.